The summed E-state index contributed by atoms with van der Waals surface area (Å²) in [5.74, 6) is 0.522. The van der Waals surface area contributed by atoms with E-state index >= 15 is 0 Å². The van der Waals surface area contributed by atoms with Crippen LogP contribution in [0.3, 0.4) is 0 Å². The Morgan fingerprint density at radius 1 is 1.47 bits per heavy atom. The number of carbonyl (C=O) groups is 1. The van der Waals surface area contributed by atoms with Gasteiger partial charge in [-0.25, -0.2) is 8.78 Å². The number of rotatable bonds is 7. The zero-order valence-corrected chi connectivity index (χ0v) is 11.4. The van der Waals surface area contributed by atoms with Gasteiger partial charge in [0.2, 0.25) is 5.91 Å². The lowest BCUT2D eigenvalue weighted by molar-refractivity contribution is -0.119. The van der Waals surface area contributed by atoms with Crippen molar-refractivity contribution >= 4 is 17.7 Å². The van der Waals surface area contributed by atoms with Crippen LogP contribution in [0.1, 0.15) is 11.1 Å². The first-order chi connectivity index (χ1) is 8.99. The van der Waals surface area contributed by atoms with Gasteiger partial charge in [0.25, 0.3) is 6.43 Å². The monoisotopic (exact) mass is 289 g/mol. The van der Waals surface area contributed by atoms with E-state index in [1.165, 1.54) is 11.8 Å². The first-order valence-corrected chi connectivity index (χ1v) is 7.00. The first-order valence-electron chi connectivity index (χ1n) is 5.85. The van der Waals surface area contributed by atoms with Crippen LogP contribution < -0.4 is 5.32 Å². The molecule has 1 aromatic carbocycles. The van der Waals surface area contributed by atoms with Crippen molar-refractivity contribution in [2.75, 3.05) is 12.3 Å². The van der Waals surface area contributed by atoms with Crippen LogP contribution in [0.5, 0.6) is 0 Å². The Hall–Kier alpha value is -1.14. The number of aryl methyl sites for hydroxylation is 1. The SMILES string of the molecule is Cc1cccc(CSCC(=O)NCC(O)C(F)F)c1. The van der Waals surface area contributed by atoms with Crippen LogP contribution in [0.15, 0.2) is 24.3 Å². The number of nitrogens with one attached hydrogen (secondary N) is 1. The zero-order chi connectivity index (χ0) is 14.3. The van der Waals surface area contributed by atoms with Gasteiger partial charge in [-0.3, -0.25) is 4.79 Å². The molecule has 1 aromatic rings. The van der Waals surface area contributed by atoms with E-state index in [1.54, 1.807) is 0 Å². The van der Waals surface area contributed by atoms with E-state index in [0.717, 1.165) is 11.1 Å². The van der Waals surface area contributed by atoms with E-state index < -0.39 is 19.1 Å². The van der Waals surface area contributed by atoms with Crippen LogP contribution in [-0.2, 0) is 10.5 Å². The largest absolute Gasteiger partial charge is 0.385 e. The van der Waals surface area contributed by atoms with Gasteiger partial charge < -0.3 is 10.4 Å². The summed E-state index contributed by atoms with van der Waals surface area (Å²) in [6.07, 6.45) is -4.63. The van der Waals surface area contributed by atoms with E-state index in [-0.39, 0.29) is 11.7 Å². The van der Waals surface area contributed by atoms with E-state index in [0.29, 0.717) is 5.75 Å². The Labute approximate surface area is 115 Å². The molecule has 1 unspecified atom stereocenters. The molecule has 3 nitrogen and oxygen atoms in total. The second-order valence-corrected chi connectivity index (χ2v) is 5.17. The molecule has 0 spiro atoms. The number of benzene rings is 1. The summed E-state index contributed by atoms with van der Waals surface area (Å²) >= 11 is 1.40. The summed E-state index contributed by atoms with van der Waals surface area (Å²) in [4.78, 5) is 11.3. The highest BCUT2D eigenvalue weighted by atomic mass is 32.2. The van der Waals surface area contributed by atoms with Crippen LogP contribution >= 0.6 is 11.8 Å². The Bertz CT molecular complexity index is 415. The third-order valence-electron chi connectivity index (χ3n) is 2.38. The van der Waals surface area contributed by atoms with Crippen LogP contribution in [0.4, 0.5) is 8.78 Å². The van der Waals surface area contributed by atoms with Crippen molar-refractivity contribution in [3.63, 3.8) is 0 Å². The van der Waals surface area contributed by atoms with E-state index in [2.05, 4.69) is 5.32 Å². The molecule has 1 atom stereocenters. The number of thioether (sulfide) groups is 1. The average Bonchev–Trinajstić information content (AvgIpc) is 2.36. The fourth-order valence-corrected chi connectivity index (χ4v) is 2.23. The summed E-state index contributed by atoms with van der Waals surface area (Å²) in [6, 6.07) is 7.95. The number of amides is 1. The predicted molar refractivity (Wildman–Crippen MR) is 72.4 cm³/mol. The van der Waals surface area contributed by atoms with Gasteiger partial charge in [0.05, 0.1) is 5.75 Å². The van der Waals surface area contributed by atoms with Gasteiger partial charge >= 0.3 is 0 Å². The number of hydrogen-bond donors (Lipinski definition) is 2. The summed E-state index contributed by atoms with van der Waals surface area (Å²) < 4.78 is 24.0. The van der Waals surface area contributed by atoms with Crippen LogP contribution in [0, 0.1) is 6.92 Å². The van der Waals surface area contributed by atoms with Crippen molar-refractivity contribution in [1.82, 2.24) is 5.32 Å². The Balaban J connectivity index is 2.20. The maximum atomic E-state index is 12.0. The van der Waals surface area contributed by atoms with Crippen molar-refractivity contribution < 1.29 is 18.7 Å². The van der Waals surface area contributed by atoms with Crippen LogP contribution in [0.2, 0.25) is 0 Å². The molecule has 0 saturated heterocycles. The van der Waals surface area contributed by atoms with Gasteiger partial charge in [0, 0.05) is 12.3 Å². The molecule has 0 fully saturated rings. The smallest absolute Gasteiger partial charge is 0.265 e. The van der Waals surface area contributed by atoms with Gasteiger partial charge in [-0.15, -0.1) is 11.8 Å². The molecule has 6 heteroatoms. The fourth-order valence-electron chi connectivity index (χ4n) is 1.42. The molecule has 1 rings (SSSR count). The Morgan fingerprint density at radius 3 is 2.84 bits per heavy atom. The van der Waals surface area contributed by atoms with E-state index in [1.807, 2.05) is 31.2 Å². The fraction of sp³-hybridized carbons (Fsp3) is 0.462. The molecule has 0 aliphatic carbocycles. The molecule has 0 heterocycles. The Kier molecular flexibility index (Phi) is 6.80. The van der Waals surface area contributed by atoms with Gasteiger partial charge in [-0.2, -0.15) is 0 Å². The van der Waals surface area contributed by atoms with E-state index in [4.69, 9.17) is 5.11 Å². The second kappa shape index (κ2) is 8.12. The number of aliphatic hydroxyl groups is 1. The molecule has 0 bridgehead atoms. The zero-order valence-electron chi connectivity index (χ0n) is 10.6. The molecule has 0 radical (unpaired) electrons. The number of alkyl halides is 2. The first kappa shape index (κ1) is 15.9. The van der Waals surface area contributed by atoms with Crippen molar-refractivity contribution in [3.8, 4) is 0 Å². The lowest BCUT2D eigenvalue weighted by Crippen LogP contribution is -2.36. The topological polar surface area (TPSA) is 49.3 Å². The van der Waals surface area contributed by atoms with Gasteiger partial charge in [-0.1, -0.05) is 29.8 Å². The molecule has 0 aromatic heterocycles. The number of carbonyl (C=O) groups excluding carboxylic acids is 1. The van der Waals surface area contributed by atoms with Crippen molar-refractivity contribution in [1.29, 1.82) is 0 Å². The number of hydrogen-bond acceptors (Lipinski definition) is 3. The number of aliphatic hydroxyl groups excluding tert-OH is 1. The van der Waals surface area contributed by atoms with Crippen LogP contribution in [0.25, 0.3) is 0 Å². The van der Waals surface area contributed by atoms with Gasteiger partial charge in [-0.05, 0) is 12.5 Å². The highest BCUT2D eigenvalue weighted by molar-refractivity contribution is 7.99. The number of halogens is 2. The van der Waals surface area contributed by atoms with Crippen molar-refractivity contribution in [2.24, 2.45) is 0 Å². The van der Waals surface area contributed by atoms with E-state index in [9.17, 15) is 13.6 Å². The van der Waals surface area contributed by atoms with Gasteiger partial charge in [0.15, 0.2) is 0 Å². The Morgan fingerprint density at radius 2 is 2.21 bits per heavy atom. The summed E-state index contributed by atoms with van der Waals surface area (Å²) in [5.41, 5.74) is 2.27. The van der Waals surface area contributed by atoms with Crippen LogP contribution in [-0.4, -0.2) is 35.8 Å². The highest BCUT2D eigenvalue weighted by Gasteiger charge is 2.17. The summed E-state index contributed by atoms with van der Waals surface area (Å²) in [5, 5.41) is 11.1. The molecule has 0 aliphatic rings. The quantitative estimate of drug-likeness (QED) is 0.807. The minimum atomic E-state index is -2.83. The van der Waals surface area contributed by atoms with Gasteiger partial charge in [0.1, 0.15) is 6.10 Å². The summed E-state index contributed by atoms with van der Waals surface area (Å²) in [7, 11) is 0. The minimum Gasteiger partial charge on any atom is -0.385 e. The standard InChI is InChI=1S/C13H17F2NO2S/c1-9-3-2-4-10(5-9)7-19-8-12(18)16-6-11(17)13(14)15/h2-5,11,13,17H,6-8H2,1H3,(H,16,18). The molecular weight excluding hydrogens is 272 g/mol. The molecule has 1 amide bonds. The lowest BCUT2D eigenvalue weighted by Gasteiger charge is -2.10. The third-order valence-corrected chi connectivity index (χ3v) is 3.39. The molecule has 19 heavy (non-hydrogen) atoms. The second-order valence-electron chi connectivity index (χ2n) is 4.19. The highest BCUT2D eigenvalue weighted by Crippen LogP contribution is 2.13. The molecule has 106 valence electrons. The normalized spacial score (nSPS) is 12.5. The lowest BCUT2D eigenvalue weighted by atomic mass is 10.2. The average molecular weight is 289 g/mol. The van der Waals surface area contributed by atoms with Crippen molar-refractivity contribution in [2.45, 2.75) is 25.2 Å². The minimum absolute atomic E-state index is 0.184. The third kappa shape index (κ3) is 6.54. The maximum absolute atomic E-state index is 12.0. The predicted octanol–water partition coefficient (Wildman–Crippen LogP) is 1.97. The summed E-state index contributed by atoms with van der Waals surface area (Å²) in [6.45, 7) is 1.58. The molecular formula is C13H17F2NO2S. The van der Waals surface area contributed by atoms with Crippen molar-refractivity contribution in [3.05, 3.63) is 35.4 Å². The molecule has 2 N–H and O–H groups in total. The molecule has 0 aliphatic heterocycles. The maximum Gasteiger partial charge on any atom is 0.265 e. The molecule has 0 saturated carbocycles.